The molecule has 0 spiro atoms. The molecule has 0 saturated carbocycles. The maximum Gasteiger partial charge on any atom is 0.137 e. The molecule has 1 rings (SSSR count). The number of halogens is 1. The summed E-state index contributed by atoms with van der Waals surface area (Å²) in [6.07, 6.45) is 3.10. The molecule has 0 aromatic carbocycles. The van der Waals surface area contributed by atoms with Crippen LogP contribution in [0.15, 0.2) is 0 Å². The second-order valence-corrected chi connectivity index (χ2v) is 5.82. The van der Waals surface area contributed by atoms with Gasteiger partial charge in [0, 0.05) is 24.6 Å². The predicted octanol–water partition coefficient (Wildman–Crippen LogP) is 3.53. The lowest BCUT2D eigenvalue weighted by Gasteiger charge is -2.20. The van der Waals surface area contributed by atoms with Crippen LogP contribution in [0.3, 0.4) is 0 Å². The van der Waals surface area contributed by atoms with E-state index in [1.54, 1.807) is 0 Å². The Balaban J connectivity index is 2.40. The molecule has 0 fully saturated rings. The van der Waals surface area contributed by atoms with Gasteiger partial charge in [0.05, 0.1) is 0 Å². The van der Waals surface area contributed by atoms with E-state index in [0.29, 0.717) is 11.2 Å². The molecule has 4 nitrogen and oxygen atoms in total. The monoisotopic (exact) mass is 298 g/mol. The van der Waals surface area contributed by atoms with Gasteiger partial charge >= 0.3 is 0 Å². The zero-order valence-electron chi connectivity index (χ0n) is 13.3. The first-order valence-corrected chi connectivity index (χ1v) is 7.80. The van der Waals surface area contributed by atoms with Crippen molar-refractivity contribution in [2.45, 2.75) is 53.0 Å². The quantitative estimate of drug-likeness (QED) is 0.589. The standard InChI is InChI=1S/C15H27ClN4/c1-6-13-18-14(16)12(4)15(19-13)17-9-7-8-10-20(5)11(2)3/h11H,6-10H2,1-5H3,(H,17,18,19). The molecule has 0 aliphatic rings. The van der Waals surface area contributed by atoms with Crippen LogP contribution in [0.5, 0.6) is 0 Å². The summed E-state index contributed by atoms with van der Waals surface area (Å²) >= 11 is 6.12. The molecule has 0 saturated heterocycles. The SMILES string of the molecule is CCc1nc(Cl)c(C)c(NCCCCN(C)C(C)C)n1. The van der Waals surface area contributed by atoms with Gasteiger partial charge in [-0.1, -0.05) is 18.5 Å². The van der Waals surface area contributed by atoms with E-state index in [1.807, 2.05) is 13.8 Å². The molecule has 0 aliphatic carbocycles. The summed E-state index contributed by atoms with van der Waals surface area (Å²) in [7, 11) is 2.17. The van der Waals surface area contributed by atoms with Crippen LogP contribution in [0, 0.1) is 6.92 Å². The van der Waals surface area contributed by atoms with Gasteiger partial charge in [-0.25, -0.2) is 9.97 Å². The lowest BCUT2D eigenvalue weighted by molar-refractivity contribution is 0.269. The number of hydrogen-bond acceptors (Lipinski definition) is 4. The Hall–Kier alpha value is -0.870. The topological polar surface area (TPSA) is 41.1 Å². The number of aromatic nitrogens is 2. The number of nitrogens with zero attached hydrogens (tertiary/aromatic N) is 3. The largest absolute Gasteiger partial charge is 0.370 e. The molecule has 0 unspecified atom stereocenters. The fraction of sp³-hybridized carbons (Fsp3) is 0.733. The van der Waals surface area contributed by atoms with Crippen molar-refractivity contribution in [1.82, 2.24) is 14.9 Å². The van der Waals surface area contributed by atoms with Gasteiger partial charge in [0.1, 0.15) is 16.8 Å². The minimum atomic E-state index is 0.555. The molecule has 1 aromatic heterocycles. The van der Waals surface area contributed by atoms with E-state index in [0.717, 1.165) is 43.1 Å². The number of unbranched alkanes of at least 4 members (excludes halogenated alkanes) is 1. The Morgan fingerprint density at radius 3 is 2.55 bits per heavy atom. The van der Waals surface area contributed by atoms with Crippen LogP contribution < -0.4 is 5.32 Å². The first-order valence-electron chi connectivity index (χ1n) is 7.42. The van der Waals surface area contributed by atoms with Gasteiger partial charge in [-0.05, 0) is 47.2 Å². The van der Waals surface area contributed by atoms with E-state index in [2.05, 4.69) is 41.1 Å². The number of nitrogens with one attached hydrogen (secondary N) is 1. The van der Waals surface area contributed by atoms with Gasteiger partial charge in [-0.2, -0.15) is 0 Å². The molecule has 0 atom stereocenters. The van der Waals surface area contributed by atoms with Crippen LogP contribution >= 0.6 is 11.6 Å². The van der Waals surface area contributed by atoms with Crippen LogP contribution in [-0.4, -0.2) is 41.0 Å². The van der Waals surface area contributed by atoms with Crippen LogP contribution in [0.25, 0.3) is 0 Å². The molecule has 0 aliphatic heterocycles. The summed E-state index contributed by atoms with van der Waals surface area (Å²) in [5.41, 5.74) is 0.933. The van der Waals surface area contributed by atoms with Crippen molar-refractivity contribution >= 4 is 17.4 Å². The minimum Gasteiger partial charge on any atom is -0.370 e. The van der Waals surface area contributed by atoms with E-state index in [1.165, 1.54) is 6.42 Å². The second-order valence-electron chi connectivity index (χ2n) is 5.47. The number of aryl methyl sites for hydroxylation is 1. The number of rotatable bonds is 8. The summed E-state index contributed by atoms with van der Waals surface area (Å²) in [6, 6.07) is 0.609. The average Bonchev–Trinajstić information content (AvgIpc) is 2.42. The Bertz CT molecular complexity index is 421. The third-order valence-electron chi connectivity index (χ3n) is 3.56. The lowest BCUT2D eigenvalue weighted by Crippen LogP contribution is -2.27. The van der Waals surface area contributed by atoms with Crippen molar-refractivity contribution in [3.05, 3.63) is 16.5 Å². The van der Waals surface area contributed by atoms with Gasteiger partial charge < -0.3 is 10.2 Å². The highest BCUT2D eigenvalue weighted by Gasteiger charge is 2.08. The van der Waals surface area contributed by atoms with Crippen molar-refractivity contribution in [2.75, 3.05) is 25.5 Å². The average molecular weight is 299 g/mol. The molecule has 20 heavy (non-hydrogen) atoms. The van der Waals surface area contributed by atoms with Crippen molar-refractivity contribution in [3.8, 4) is 0 Å². The summed E-state index contributed by atoms with van der Waals surface area (Å²) in [5.74, 6) is 1.67. The normalized spacial score (nSPS) is 11.4. The molecular formula is C15H27ClN4. The minimum absolute atomic E-state index is 0.555. The van der Waals surface area contributed by atoms with E-state index in [9.17, 15) is 0 Å². The lowest BCUT2D eigenvalue weighted by atomic mass is 10.2. The van der Waals surface area contributed by atoms with E-state index in [4.69, 9.17) is 11.6 Å². The van der Waals surface area contributed by atoms with Gasteiger partial charge in [-0.3, -0.25) is 0 Å². The van der Waals surface area contributed by atoms with Gasteiger partial charge in [0.2, 0.25) is 0 Å². The molecule has 1 aromatic rings. The number of hydrogen-bond donors (Lipinski definition) is 1. The predicted molar refractivity (Wildman–Crippen MR) is 86.6 cm³/mol. The molecule has 0 radical (unpaired) electrons. The van der Waals surface area contributed by atoms with Crippen molar-refractivity contribution in [3.63, 3.8) is 0 Å². The Labute approximate surface area is 127 Å². The van der Waals surface area contributed by atoms with Gasteiger partial charge in [0.15, 0.2) is 0 Å². The fourth-order valence-electron chi connectivity index (χ4n) is 1.81. The molecule has 0 bridgehead atoms. The second kappa shape index (κ2) is 8.42. The summed E-state index contributed by atoms with van der Waals surface area (Å²) < 4.78 is 0. The maximum absolute atomic E-state index is 6.12. The van der Waals surface area contributed by atoms with Crippen LogP contribution in [0.2, 0.25) is 5.15 Å². The first-order chi connectivity index (χ1) is 9.45. The van der Waals surface area contributed by atoms with Crippen LogP contribution in [0.4, 0.5) is 5.82 Å². The highest BCUT2D eigenvalue weighted by atomic mass is 35.5. The van der Waals surface area contributed by atoms with Crippen LogP contribution in [0.1, 0.15) is 45.0 Å². The zero-order chi connectivity index (χ0) is 15.1. The molecular weight excluding hydrogens is 272 g/mol. The van der Waals surface area contributed by atoms with Crippen LogP contribution in [-0.2, 0) is 6.42 Å². The molecule has 1 heterocycles. The third kappa shape index (κ3) is 5.25. The van der Waals surface area contributed by atoms with Crippen molar-refractivity contribution < 1.29 is 0 Å². The van der Waals surface area contributed by atoms with E-state index in [-0.39, 0.29) is 0 Å². The maximum atomic E-state index is 6.12. The smallest absolute Gasteiger partial charge is 0.137 e. The summed E-state index contributed by atoms with van der Waals surface area (Å²) in [5, 5.41) is 3.93. The fourth-order valence-corrected chi connectivity index (χ4v) is 2.00. The number of anilines is 1. The Morgan fingerprint density at radius 1 is 1.25 bits per heavy atom. The first kappa shape index (κ1) is 17.2. The van der Waals surface area contributed by atoms with Crippen molar-refractivity contribution in [2.24, 2.45) is 0 Å². The summed E-state index contributed by atoms with van der Waals surface area (Å²) in [4.78, 5) is 11.1. The Kier molecular flexibility index (Phi) is 7.24. The third-order valence-corrected chi connectivity index (χ3v) is 3.93. The van der Waals surface area contributed by atoms with Gasteiger partial charge in [0.25, 0.3) is 0 Å². The zero-order valence-corrected chi connectivity index (χ0v) is 14.1. The van der Waals surface area contributed by atoms with Gasteiger partial charge in [-0.15, -0.1) is 0 Å². The van der Waals surface area contributed by atoms with E-state index < -0.39 is 0 Å². The van der Waals surface area contributed by atoms with E-state index >= 15 is 0 Å². The Morgan fingerprint density at radius 2 is 1.95 bits per heavy atom. The highest BCUT2D eigenvalue weighted by molar-refractivity contribution is 6.30. The van der Waals surface area contributed by atoms with Crippen molar-refractivity contribution in [1.29, 1.82) is 0 Å². The molecule has 114 valence electrons. The highest BCUT2D eigenvalue weighted by Crippen LogP contribution is 2.20. The molecule has 5 heteroatoms. The molecule has 1 N–H and O–H groups in total. The molecule has 0 amide bonds. The summed E-state index contributed by atoms with van der Waals surface area (Å²) in [6.45, 7) is 10.5.